The Morgan fingerprint density at radius 3 is 3.00 bits per heavy atom. The Balaban J connectivity index is 2.09. The molecule has 1 fully saturated rings. The predicted octanol–water partition coefficient (Wildman–Crippen LogP) is 2.05. The molecule has 19 heavy (non-hydrogen) atoms. The van der Waals surface area contributed by atoms with Crippen LogP contribution in [0, 0.1) is 18.3 Å². The van der Waals surface area contributed by atoms with Gasteiger partial charge in [-0.3, -0.25) is 9.89 Å². The minimum Gasteiger partial charge on any atom is -0.293 e. The third-order valence-electron chi connectivity index (χ3n) is 3.97. The van der Waals surface area contributed by atoms with E-state index in [2.05, 4.69) is 16.2 Å². The van der Waals surface area contributed by atoms with Gasteiger partial charge in [-0.25, -0.2) is 9.50 Å². The highest BCUT2D eigenvalue weighted by Crippen LogP contribution is 2.35. The molecule has 0 spiro atoms. The number of aromatic nitrogens is 3. The number of nitrogens with zero attached hydrogens (tertiary/aromatic N) is 3. The molecular weight excluding hydrogens is 240 g/mol. The molecule has 0 radical (unpaired) electrons. The summed E-state index contributed by atoms with van der Waals surface area (Å²) in [5.74, 6) is 0.545. The normalized spacial score (nSPS) is 15.4. The van der Waals surface area contributed by atoms with Crippen molar-refractivity contribution in [2.75, 3.05) is 0 Å². The molecular formula is C14H16N4O. The molecule has 0 saturated heterocycles. The van der Waals surface area contributed by atoms with E-state index >= 15 is 0 Å². The second-order valence-corrected chi connectivity index (χ2v) is 5.17. The van der Waals surface area contributed by atoms with E-state index in [0.717, 1.165) is 11.4 Å². The monoisotopic (exact) mass is 256 g/mol. The Labute approximate surface area is 110 Å². The van der Waals surface area contributed by atoms with Crippen LogP contribution >= 0.6 is 0 Å². The third-order valence-corrected chi connectivity index (χ3v) is 3.97. The molecule has 2 aromatic rings. The number of rotatable bonds is 3. The van der Waals surface area contributed by atoms with Crippen LogP contribution in [0.15, 0.2) is 10.9 Å². The molecule has 1 aliphatic rings. The maximum Gasteiger partial charge on any atom is 0.276 e. The predicted molar refractivity (Wildman–Crippen MR) is 71.1 cm³/mol. The Morgan fingerprint density at radius 2 is 2.37 bits per heavy atom. The van der Waals surface area contributed by atoms with E-state index < -0.39 is 0 Å². The number of hydrogen-bond donors (Lipinski definition) is 1. The molecule has 1 saturated carbocycles. The number of hydrogen-bond acceptors (Lipinski definition) is 3. The van der Waals surface area contributed by atoms with E-state index in [9.17, 15) is 4.79 Å². The zero-order valence-corrected chi connectivity index (χ0v) is 10.9. The molecule has 1 N–H and O–H groups in total. The first kappa shape index (κ1) is 12.0. The van der Waals surface area contributed by atoms with Gasteiger partial charge in [0.05, 0.1) is 6.07 Å². The van der Waals surface area contributed by atoms with Crippen LogP contribution in [-0.2, 0) is 6.42 Å². The van der Waals surface area contributed by atoms with Crippen LogP contribution in [-0.4, -0.2) is 14.6 Å². The summed E-state index contributed by atoms with van der Waals surface area (Å²) in [6, 6.07) is 4.05. The van der Waals surface area contributed by atoms with Crippen LogP contribution in [0.1, 0.15) is 48.6 Å². The van der Waals surface area contributed by atoms with Crippen molar-refractivity contribution in [3.8, 4) is 6.07 Å². The number of aryl methyl sites for hydroxylation is 1. The van der Waals surface area contributed by atoms with Gasteiger partial charge in [0, 0.05) is 35.4 Å². The molecule has 1 aliphatic carbocycles. The summed E-state index contributed by atoms with van der Waals surface area (Å²) < 4.78 is 1.52. The van der Waals surface area contributed by atoms with Crippen LogP contribution < -0.4 is 5.56 Å². The molecule has 3 rings (SSSR count). The lowest BCUT2D eigenvalue weighted by Crippen LogP contribution is -2.22. The highest BCUT2D eigenvalue weighted by molar-refractivity contribution is 5.42. The summed E-state index contributed by atoms with van der Waals surface area (Å²) in [5.41, 5.74) is 3.10. The van der Waals surface area contributed by atoms with Gasteiger partial charge in [0.15, 0.2) is 5.65 Å². The van der Waals surface area contributed by atoms with Crippen molar-refractivity contribution in [3.63, 3.8) is 0 Å². The largest absolute Gasteiger partial charge is 0.293 e. The van der Waals surface area contributed by atoms with Crippen molar-refractivity contribution in [1.29, 1.82) is 5.26 Å². The van der Waals surface area contributed by atoms with Gasteiger partial charge in [-0.05, 0) is 26.2 Å². The van der Waals surface area contributed by atoms with Crippen LogP contribution in [0.2, 0.25) is 0 Å². The molecule has 5 heteroatoms. The summed E-state index contributed by atoms with van der Waals surface area (Å²) in [7, 11) is 0. The third kappa shape index (κ3) is 1.93. The van der Waals surface area contributed by atoms with E-state index in [1.54, 1.807) is 0 Å². The minimum absolute atomic E-state index is 0.0664. The molecule has 98 valence electrons. The van der Waals surface area contributed by atoms with Crippen molar-refractivity contribution >= 4 is 5.65 Å². The van der Waals surface area contributed by atoms with E-state index in [4.69, 9.17) is 5.26 Å². The molecule has 5 nitrogen and oxygen atoms in total. The fourth-order valence-electron chi connectivity index (χ4n) is 2.59. The maximum absolute atomic E-state index is 12.4. The van der Waals surface area contributed by atoms with Crippen LogP contribution in [0.3, 0.4) is 0 Å². The minimum atomic E-state index is -0.0664. The first-order valence-electron chi connectivity index (χ1n) is 6.69. The average molecular weight is 256 g/mol. The summed E-state index contributed by atoms with van der Waals surface area (Å²) in [4.78, 5) is 16.9. The van der Waals surface area contributed by atoms with Gasteiger partial charge in [0.2, 0.25) is 0 Å². The van der Waals surface area contributed by atoms with Gasteiger partial charge in [0.25, 0.3) is 5.56 Å². The SMILES string of the molecule is Cc1nc2cc(C3CCC3)[nH]n2c(=O)c1CCC#N. The van der Waals surface area contributed by atoms with Crippen LogP contribution in [0.5, 0.6) is 0 Å². The zero-order chi connectivity index (χ0) is 13.4. The van der Waals surface area contributed by atoms with Gasteiger partial charge in [0.1, 0.15) is 0 Å². The molecule has 0 unspecified atom stereocenters. The molecule has 0 amide bonds. The number of aromatic amines is 1. The van der Waals surface area contributed by atoms with Crippen molar-refractivity contribution in [3.05, 3.63) is 33.4 Å². The average Bonchev–Trinajstić information content (AvgIpc) is 2.70. The van der Waals surface area contributed by atoms with Crippen molar-refractivity contribution in [2.45, 2.75) is 44.9 Å². The van der Waals surface area contributed by atoms with E-state index in [-0.39, 0.29) is 5.56 Å². The lowest BCUT2D eigenvalue weighted by Gasteiger charge is -2.23. The number of fused-ring (bicyclic) bond motifs is 1. The molecule has 0 aliphatic heterocycles. The summed E-state index contributed by atoms with van der Waals surface area (Å²) in [6.45, 7) is 1.84. The lowest BCUT2D eigenvalue weighted by atomic mass is 9.83. The first-order chi connectivity index (χ1) is 9.20. The topological polar surface area (TPSA) is 74.0 Å². The molecule has 0 bridgehead atoms. The van der Waals surface area contributed by atoms with Gasteiger partial charge in [-0.2, -0.15) is 5.26 Å². The smallest absolute Gasteiger partial charge is 0.276 e. The number of nitrogens with one attached hydrogen (secondary N) is 1. The van der Waals surface area contributed by atoms with E-state index in [1.165, 1.54) is 23.8 Å². The van der Waals surface area contributed by atoms with Crippen molar-refractivity contribution < 1.29 is 0 Å². The van der Waals surface area contributed by atoms with Crippen LogP contribution in [0.25, 0.3) is 5.65 Å². The second-order valence-electron chi connectivity index (χ2n) is 5.17. The van der Waals surface area contributed by atoms with Crippen molar-refractivity contribution in [2.24, 2.45) is 0 Å². The van der Waals surface area contributed by atoms with E-state index in [1.807, 2.05) is 13.0 Å². The molecule has 2 heterocycles. The summed E-state index contributed by atoms with van der Waals surface area (Å²) >= 11 is 0. The highest BCUT2D eigenvalue weighted by atomic mass is 16.1. The standard InChI is InChI=1S/C14H16N4O/c1-9-11(6-3-7-15)14(19)18-13(16-9)8-12(17-18)10-4-2-5-10/h8,10,17H,2-6H2,1H3. The van der Waals surface area contributed by atoms with Crippen molar-refractivity contribution in [1.82, 2.24) is 14.6 Å². The van der Waals surface area contributed by atoms with Gasteiger partial charge in [-0.15, -0.1) is 0 Å². The molecule has 2 aromatic heterocycles. The van der Waals surface area contributed by atoms with E-state index in [0.29, 0.717) is 30.0 Å². The van der Waals surface area contributed by atoms with Crippen LogP contribution in [0.4, 0.5) is 0 Å². The molecule has 0 aromatic carbocycles. The molecule has 0 atom stereocenters. The fraction of sp³-hybridized carbons (Fsp3) is 0.500. The Kier molecular flexibility index (Phi) is 2.86. The maximum atomic E-state index is 12.4. The second kappa shape index (κ2) is 4.54. The Bertz CT molecular complexity index is 715. The summed E-state index contributed by atoms with van der Waals surface area (Å²) in [6.07, 6.45) is 4.44. The first-order valence-corrected chi connectivity index (χ1v) is 6.69. The van der Waals surface area contributed by atoms with Gasteiger partial charge < -0.3 is 0 Å². The highest BCUT2D eigenvalue weighted by Gasteiger charge is 2.22. The summed E-state index contributed by atoms with van der Waals surface area (Å²) in [5, 5.41) is 11.8. The number of H-pyrrole nitrogens is 1. The van der Waals surface area contributed by atoms with Gasteiger partial charge >= 0.3 is 0 Å². The lowest BCUT2D eigenvalue weighted by molar-refractivity contribution is 0.409. The number of nitriles is 1. The Hall–Kier alpha value is -2.09. The Morgan fingerprint density at radius 1 is 1.58 bits per heavy atom. The fourth-order valence-corrected chi connectivity index (χ4v) is 2.59. The quantitative estimate of drug-likeness (QED) is 0.913. The van der Waals surface area contributed by atoms with Gasteiger partial charge in [-0.1, -0.05) is 6.42 Å². The zero-order valence-electron chi connectivity index (χ0n) is 10.9.